The molecule has 0 unspecified atom stereocenters. The first kappa shape index (κ1) is 23.4. The Morgan fingerprint density at radius 1 is 1.15 bits per heavy atom. The van der Waals surface area contributed by atoms with Crippen LogP contribution in [-0.2, 0) is 16.9 Å². The maximum atomic E-state index is 13.5. The number of carbonyl (C=O) groups is 2. The van der Waals surface area contributed by atoms with E-state index in [2.05, 4.69) is 0 Å². The Hall–Kier alpha value is -3.75. The lowest BCUT2D eigenvalue weighted by Crippen LogP contribution is -2.41. The van der Waals surface area contributed by atoms with E-state index in [0.29, 0.717) is 10.7 Å². The molecule has 1 N–H and O–H groups in total. The van der Waals surface area contributed by atoms with Gasteiger partial charge >= 0.3 is 5.69 Å². The number of anilines is 1. The number of hydrogen-bond acceptors (Lipinski definition) is 6. The van der Waals surface area contributed by atoms with E-state index in [0.717, 1.165) is 17.2 Å². The standard InChI is InChI=1S/C25H21ClN2O6/c1-15-3-5-16(6-4-15)14-27-20-9-8-18(26)12-19(20)25(31,24(27)30)13-22(29)17-7-10-23(34-2)21(11-17)28(32)33/h3-12,31H,13-14H2,1-2H3/t25-/m0/s1. The number of halogens is 1. The summed E-state index contributed by atoms with van der Waals surface area (Å²) in [7, 11) is 1.28. The van der Waals surface area contributed by atoms with E-state index in [-0.39, 0.29) is 29.1 Å². The Balaban J connectivity index is 1.70. The molecule has 8 nitrogen and oxygen atoms in total. The number of methoxy groups -OCH3 is 1. The summed E-state index contributed by atoms with van der Waals surface area (Å²) in [6.45, 7) is 2.15. The van der Waals surface area contributed by atoms with Crippen molar-refractivity contribution >= 4 is 34.7 Å². The highest BCUT2D eigenvalue weighted by molar-refractivity contribution is 6.31. The summed E-state index contributed by atoms with van der Waals surface area (Å²) >= 11 is 6.15. The SMILES string of the molecule is COc1ccc(C(=O)C[C@@]2(O)C(=O)N(Cc3ccc(C)cc3)c3ccc(Cl)cc32)cc1[N+](=O)[O-]. The number of Topliss-reactive ketones (excluding diaryl/α,β-unsaturated/α-hetero) is 1. The van der Waals surface area contributed by atoms with Crippen molar-refractivity contribution in [3.63, 3.8) is 0 Å². The predicted molar refractivity (Wildman–Crippen MR) is 126 cm³/mol. The lowest BCUT2D eigenvalue weighted by molar-refractivity contribution is -0.385. The zero-order valence-electron chi connectivity index (χ0n) is 18.4. The van der Waals surface area contributed by atoms with Crippen molar-refractivity contribution in [1.29, 1.82) is 0 Å². The van der Waals surface area contributed by atoms with Crippen LogP contribution in [0.1, 0.15) is 33.5 Å². The molecule has 0 spiro atoms. The van der Waals surface area contributed by atoms with Gasteiger partial charge in [-0.2, -0.15) is 0 Å². The Bertz CT molecular complexity index is 1310. The molecule has 0 radical (unpaired) electrons. The molecule has 0 bridgehead atoms. The number of fused-ring (bicyclic) bond motifs is 1. The van der Waals surface area contributed by atoms with Gasteiger partial charge in [0.25, 0.3) is 5.91 Å². The van der Waals surface area contributed by atoms with Crippen LogP contribution in [-0.4, -0.2) is 28.8 Å². The fourth-order valence-corrected chi connectivity index (χ4v) is 4.24. The molecule has 34 heavy (non-hydrogen) atoms. The molecule has 1 aliphatic rings. The number of amides is 1. The van der Waals surface area contributed by atoms with Crippen molar-refractivity contribution in [3.8, 4) is 5.75 Å². The average molecular weight is 481 g/mol. The second-order valence-corrected chi connectivity index (χ2v) is 8.58. The molecule has 9 heteroatoms. The molecule has 3 aromatic rings. The van der Waals surface area contributed by atoms with E-state index in [1.165, 1.54) is 30.2 Å². The number of benzene rings is 3. The smallest absolute Gasteiger partial charge is 0.311 e. The van der Waals surface area contributed by atoms with Gasteiger partial charge in [-0.15, -0.1) is 0 Å². The molecule has 1 heterocycles. The van der Waals surface area contributed by atoms with Crippen molar-refractivity contribution in [2.45, 2.75) is 25.5 Å². The van der Waals surface area contributed by atoms with Gasteiger partial charge in [0, 0.05) is 22.2 Å². The van der Waals surface area contributed by atoms with Gasteiger partial charge in [0.15, 0.2) is 17.1 Å². The van der Waals surface area contributed by atoms with Crippen LogP contribution < -0.4 is 9.64 Å². The molecule has 3 aromatic carbocycles. The normalized spacial score (nSPS) is 16.9. The van der Waals surface area contributed by atoms with Crippen molar-refractivity contribution in [1.82, 2.24) is 0 Å². The predicted octanol–water partition coefficient (Wildman–Crippen LogP) is 4.57. The number of hydrogen-bond donors (Lipinski definition) is 1. The van der Waals surface area contributed by atoms with Gasteiger partial charge in [-0.25, -0.2) is 0 Å². The molecule has 0 saturated carbocycles. The Labute approximate surface area is 200 Å². The highest BCUT2D eigenvalue weighted by Gasteiger charge is 2.51. The minimum absolute atomic E-state index is 0.00129. The van der Waals surface area contributed by atoms with Crippen molar-refractivity contribution in [3.05, 3.63) is 98.1 Å². The van der Waals surface area contributed by atoms with Crippen LogP contribution in [0.5, 0.6) is 5.75 Å². The van der Waals surface area contributed by atoms with Crippen LogP contribution in [0.25, 0.3) is 0 Å². The highest BCUT2D eigenvalue weighted by Crippen LogP contribution is 2.45. The third-order valence-electron chi connectivity index (χ3n) is 5.87. The summed E-state index contributed by atoms with van der Waals surface area (Å²) in [4.78, 5) is 38.7. The van der Waals surface area contributed by atoms with E-state index >= 15 is 0 Å². The molecular weight excluding hydrogens is 460 g/mol. The second-order valence-electron chi connectivity index (χ2n) is 8.14. The number of nitrogens with zero attached hydrogens (tertiary/aromatic N) is 2. The van der Waals surface area contributed by atoms with Gasteiger partial charge in [-0.3, -0.25) is 19.7 Å². The van der Waals surface area contributed by atoms with Crippen molar-refractivity contribution in [2.75, 3.05) is 12.0 Å². The summed E-state index contributed by atoms with van der Waals surface area (Å²) in [5.41, 5.74) is 0.00772. The van der Waals surface area contributed by atoms with E-state index in [1.807, 2.05) is 31.2 Å². The monoisotopic (exact) mass is 480 g/mol. The lowest BCUT2D eigenvalue weighted by atomic mass is 9.88. The van der Waals surface area contributed by atoms with E-state index < -0.39 is 28.6 Å². The molecule has 174 valence electrons. The van der Waals surface area contributed by atoms with Crippen LogP contribution in [0, 0.1) is 17.0 Å². The molecular formula is C25H21ClN2O6. The Kier molecular flexibility index (Phi) is 6.12. The fourth-order valence-electron chi connectivity index (χ4n) is 4.07. The third-order valence-corrected chi connectivity index (χ3v) is 6.10. The molecule has 1 aliphatic heterocycles. The van der Waals surface area contributed by atoms with Gasteiger partial charge < -0.3 is 14.7 Å². The first-order valence-electron chi connectivity index (χ1n) is 10.4. The highest BCUT2D eigenvalue weighted by atomic mass is 35.5. The quantitative estimate of drug-likeness (QED) is 0.301. The van der Waals surface area contributed by atoms with E-state index in [9.17, 15) is 24.8 Å². The zero-order valence-corrected chi connectivity index (χ0v) is 19.2. The number of ether oxygens (including phenoxy) is 1. The first-order chi connectivity index (χ1) is 16.1. The summed E-state index contributed by atoms with van der Waals surface area (Å²) in [5, 5.41) is 23.2. The van der Waals surface area contributed by atoms with Crippen LogP contribution >= 0.6 is 11.6 Å². The van der Waals surface area contributed by atoms with Crippen LogP contribution in [0.2, 0.25) is 5.02 Å². The average Bonchev–Trinajstić information content (AvgIpc) is 3.01. The summed E-state index contributed by atoms with van der Waals surface area (Å²) in [5.74, 6) is -1.30. The minimum Gasteiger partial charge on any atom is -0.490 e. The molecule has 0 saturated heterocycles. The number of nitro groups is 1. The number of carbonyl (C=O) groups excluding carboxylic acids is 2. The van der Waals surface area contributed by atoms with Gasteiger partial charge in [-0.05, 0) is 42.8 Å². The summed E-state index contributed by atoms with van der Waals surface area (Å²) in [6.07, 6.45) is -0.604. The lowest BCUT2D eigenvalue weighted by Gasteiger charge is -2.23. The van der Waals surface area contributed by atoms with Crippen LogP contribution in [0.3, 0.4) is 0 Å². The number of ketones is 1. The maximum absolute atomic E-state index is 13.5. The summed E-state index contributed by atoms with van der Waals surface area (Å²) < 4.78 is 4.97. The number of aryl methyl sites for hydroxylation is 1. The number of aliphatic hydroxyl groups is 1. The van der Waals surface area contributed by atoms with Crippen LogP contribution in [0.4, 0.5) is 11.4 Å². The van der Waals surface area contributed by atoms with Crippen LogP contribution in [0.15, 0.2) is 60.7 Å². The second kappa shape index (κ2) is 8.89. The largest absolute Gasteiger partial charge is 0.490 e. The molecule has 0 aromatic heterocycles. The molecule has 1 amide bonds. The number of nitro benzene ring substituents is 1. The molecule has 4 rings (SSSR count). The van der Waals surface area contributed by atoms with Crippen molar-refractivity contribution < 1.29 is 24.4 Å². The molecule has 1 atom stereocenters. The molecule has 0 fully saturated rings. The topological polar surface area (TPSA) is 110 Å². The van der Waals surface area contributed by atoms with Crippen molar-refractivity contribution in [2.24, 2.45) is 0 Å². The fraction of sp³-hybridized carbons (Fsp3) is 0.200. The molecule has 0 aliphatic carbocycles. The number of rotatable bonds is 7. The van der Waals surface area contributed by atoms with E-state index in [1.54, 1.807) is 12.1 Å². The van der Waals surface area contributed by atoms with Gasteiger partial charge in [-0.1, -0.05) is 41.4 Å². The minimum atomic E-state index is -2.17. The first-order valence-corrected chi connectivity index (χ1v) is 10.8. The Morgan fingerprint density at radius 3 is 2.50 bits per heavy atom. The zero-order chi connectivity index (χ0) is 24.6. The van der Waals surface area contributed by atoms with Gasteiger partial charge in [0.2, 0.25) is 0 Å². The maximum Gasteiger partial charge on any atom is 0.311 e. The van der Waals surface area contributed by atoms with Gasteiger partial charge in [0.05, 0.1) is 30.7 Å². The van der Waals surface area contributed by atoms with Gasteiger partial charge in [0.1, 0.15) is 0 Å². The Morgan fingerprint density at radius 2 is 1.85 bits per heavy atom. The summed E-state index contributed by atoms with van der Waals surface area (Å²) in [6, 6.07) is 16.1. The third kappa shape index (κ3) is 4.13. The van der Waals surface area contributed by atoms with E-state index in [4.69, 9.17) is 16.3 Å².